The molecule has 9 heteroatoms. The zero-order chi connectivity index (χ0) is 22.5. The van der Waals surface area contributed by atoms with Gasteiger partial charge in [0, 0.05) is 56.3 Å². The highest BCUT2D eigenvalue weighted by molar-refractivity contribution is 5.93. The summed E-state index contributed by atoms with van der Waals surface area (Å²) in [5.74, 6) is -1.24. The van der Waals surface area contributed by atoms with E-state index in [4.69, 9.17) is 4.74 Å². The second-order valence-electron chi connectivity index (χ2n) is 7.88. The highest BCUT2D eigenvalue weighted by Crippen LogP contribution is 2.39. The molecule has 3 rings (SSSR count). The van der Waals surface area contributed by atoms with E-state index in [1.54, 1.807) is 26.0 Å². The molecule has 1 fully saturated rings. The third-order valence-corrected chi connectivity index (χ3v) is 5.75. The summed E-state index contributed by atoms with van der Waals surface area (Å²) in [5, 5.41) is 24.1. The number of piperazine rings is 1. The number of allylic oxidation sites excluding steroid dienone is 3. The number of carbonyl (C=O) groups excluding carboxylic acids is 1. The molecule has 1 N–H and O–H groups in total. The Morgan fingerprint density at radius 3 is 2.65 bits per heavy atom. The average molecular weight is 425 g/mol. The van der Waals surface area contributed by atoms with E-state index in [1.807, 2.05) is 0 Å². The van der Waals surface area contributed by atoms with Gasteiger partial charge in [0.1, 0.15) is 6.61 Å². The number of nitro groups is 1. The lowest BCUT2D eigenvalue weighted by Gasteiger charge is -2.32. The van der Waals surface area contributed by atoms with E-state index in [-0.39, 0.29) is 12.3 Å². The summed E-state index contributed by atoms with van der Waals surface area (Å²) >= 11 is 0. The standard InChI is InChI=1S/C22H27N5O4/c1-15-19(14-23)21(17-5-4-6-18(13-17)27(29)30)20(16(2)24-15)22(28)31-12-11-26-9-7-25(3)8-10-26/h4-6,13,21,24H,7-12H2,1-3H3/t21-/m0/s1. The normalized spacial score (nSPS) is 20.3. The van der Waals surface area contributed by atoms with Crippen molar-refractivity contribution in [2.45, 2.75) is 19.8 Å². The van der Waals surface area contributed by atoms with E-state index >= 15 is 0 Å². The van der Waals surface area contributed by atoms with Gasteiger partial charge in [-0.05, 0) is 26.5 Å². The van der Waals surface area contributed by atoms with E-state index in [0.717, 1.165) is 26.2 Å². The number of nitro benzene ring substituents is 1. The van der Waals surface area contributed by atoms with Crippen LogP contribution in [0.5, 0.6) is 0 Å². The second kappa shape index (κ2) is 9.73. The molecule has 164 valence electrons. The maximum atomic E-state index is 13.1. The molecule has 1 aromatic carbocycles. The molecule has 0 unspecified atom stereocenters. The monoisotopic (exact) mass is 425 g/mol. The fourth-order valence-corrected chi connectivity index (χ4v) is 3.98. The van der Waals surface area contributed by atoms with Crippen molar-refractivity contribution in [3.63, 3.8) is 0 Å². The summed E-state index contributed by atoms with van der Waals surface area (Å²) in [6.07, 6.45) is 0. The van der Waals surface area contributed by atoms with E-state index < -0.39 is 16.8 Å². The molecular formula is C22H27N5O4. The molecule has 2 heterocycles. The van der Waals surface area contributed by atoms with Crippen molar-refractivity contribution >= 4 is 11.7 Å². The molecule has 0 amide bonds. The fourth-order valence-electron chi connectivity index (χ4n) is 3.98. The number of dihydropyridines is 1. The third-order valence-electron chi connectivity index (χ3n) is 5.75. The van der Waals surface area contributed by atoms with Crippen LogP contribution in [0.15, 0.2) is 46.8 Å². The second-order valence-corrected chi connectivity index (χ2v) is 7.88. The minimum Gasteiger partial charge on any atom is -0.461 e. The zero-order valence-corrected chi connectivity index (χ0v) is 18.1. The molecule has 1 atom stereocenters. The summed E-state index contributed by atoms with van der Waals surface area (Å²) in [6.45, 7) is 8.19. The van der Waals surface area contributed by atoms with Crippen LogP contribution in [0.2, 0.25) is 0 Å². The Morgan fingerprint density at radius 2 is 2.00 bits per heavy atom. The Kier molecular flexibility index (Phi) is 7.05. The zero-order valence-electron chi connectivity index (χ0n) is 18.1. The van der Waals surface area contributed by atoms with Crippen LogP contribution < -0.4 is 5.32 Å². The van der Waals surface area contributed by atoms with Gasteiger partial charge in [0.05, 0.1) is 28.1 Å². The number of nitriles is 1. The number of carbonyl (C=O) groups is 1. The molecule has 0 spiro atoms. The molecule has 9 nitrogen and oxygen atoms in total. The van der Waals surface area contributed by atoms with Gasteiger partial charge in [0.2, 0.25) is 0 Å². The maximum Gasteiger partial charge on any atom is 0.336 e. The summed E-state index contributed by atoms with van der Waals surface area (Å²) in [7, 11) is 2.08. The summed E-state index contributed by atoms with van der Waals surface area (Å²) < 4.78 is 5.58. The molecule has 0 saturated carbocycles. The first-order valence-corrected chi connectivity index (χ1v) is 10.2. The number of likely N-dealkylation sites (N-methyl/N-ethyl adjacent to an activating group) is 1. The van der Waals surface area contributed by atoms with Gasteiger partial charge in [-0.1, -0.05) is 12.1 Å². The van der Waals surface area contributed by atoms with E-state index in [9.17, 15) is 20.2 Å². The SMILES string of the molecule is CC1=C(C#N)[C@H](c2cccc([N+](=O)[O-])c2)C(C(=O)OCCN2CCN(C)CC2)=C(C)N1. The molecule has 1 saturated heterocycles. The molecule has 0 bridgehead atoms. The van der Waals surface area contributed by atoms with Gasteiger partial charge in [-0.25, -0.2) is 4.79 Å². The van der Waals surface area contributed by atoms with Crippen molar-refractivity contribution in [1.82, 2.24) is 15.1 Å². The number of non-ortho nitro benzene ring substituents is 1. The maximum absolute atomic E-state index is 13.1. The van der Waals surface area contributed by atoms with Gasteiger partial charge in [0.25, 0.3) is 5.69 Å². The van der Waals surface area contributed by atoms with Crippen molar-refractivity contribution in [2.75, 3.05) is 46.4 Å². The van der Waals surface area contributed by atoms with E-state index in [0.29, 0.717) is 34.6 Å². The molecule has 31 heavy (non-hydrogen) atoms. The Morgan fingerprint density at radius 1 is 1.29 bits per heavy atom. The van der Waals surface area contributed by atoms with Gasteiger partial charge in [-0.15, -0.1) is 0 Å². The Hall–Kier alpha value is -3.22. The number of hydrogen-bond donors (Lipinski definition) is 1. The lowest BCUT2D eigenvalue weighted by molar-refractivity contribution is -0.384. The molecule has 2 aliphatic heterocycles. The van der Waals surface area contributed by atoms with Crippen molar-refractivity contribution < 1.29 is 14.5 Å². The van der Waals surface area contributed by atoms with Crippen LogP contribution in [0, 0.1) is 21.4 Å². The largest absolute Gasteiger partial charge is 0.461 e. The summed E-state index contributed by atoms with van der Waals surface area (Å²) in [4.78, 5) is 28.3. The van der Waals surface area contributed by atoms with Gasteiger partial charge >= 0.3 is 5.97 Å². The quantitative estimate of drug-likeness (QED) is 0.419. The van der Waals surface area contributed by atoms with Crippen LogP contribution in [0.4, 0.5) is 5.69 Å². The van der Waals surface area contributed by atoms with Crippen LogP contribution in [0.3, 0.4) is 0 Å². The highest BCUT2D eigenvalue weighted by Gasteiger charge is 2.35. The number of rotatable bonds is 6. The third kappa shape index (κ3) is 5.10. The first-order chi connectivity index (χ1) is 14.8. The molecule has 2 aliphatic rings. The molecule has 0 radical (unpaired) electrons. The number of esters is 1. The Balaban J connectivity index is 1.81. The predicted octanol–water partition coefficient (Wildman–Crippen LogP) is 2.14. The number of ether oxygens (including phenoxy) is 1. The highest BCUT2D eigenvalue weighted by atomic mass is 16.6. The number of nitrogens with one attached hydrogen (secondary N) is 1. The minimum absolute atomic E-state index is 0.0913. The van der Waals surface area contributed by atoms with Gasteiger partial charge in [-0.2, -0.15) is 5.26 Å². The minimum atomic E-state index is -0.720. The lowest BCUT2D eigenvalue weighted by atomic mass is 9.81. The first-order valence-electron chi connectivity index (χ1n) is 10.2. The fraction of sp³-hybridized carbons (Fsp3) is 0.455. The number of benzene rings is 1. The van der Waals surface area contributed by atoms with Crippen molar-refractivity contribution in [2.24, 2.45) is 0 Å². The van der Waals surface area contributed by atoms with Crippen molar-refractivity contribution in [3.8, 4) is 6.07 Å². The van der Waals surface area contributed by atoms with E-state index in [1.165, 1.54) is 12.1 Å². The molecule has 0 aromatic heterocycles. The Labute approximate surface area is 181 Å². The van der Waals surface area contributed by atoms with Gasteiger partial charge in [-0.3, -0.25) is 15.0 Å². The van der Waals surface area contributed by atoms with E-state index in [2.05, 4.69) is 28.2 Å². The predicted molar refractivity (Wildman–Crippen MR) is 115 cm³/mol. The number of nitrogens with zero attached hydrogens (tertiary/aromatic N) is 4. The number of hydrogen-bond acceptors (Lipinski definition) is 8. The summed E-state index contributed by atoms with van der Waals surface area (Å²) in [5.41, 5.74) is 2.27. The smallest absolute Gasteiger partial charge is 0.336 e. The average Bonchev–Trinajstić information content (AvgIpc) is 2.74. The summed E-state index contributed by atoms with van der Waals surface area (Å²) in [6, 6.07) is 8.21. The topological polar surface area (TPSA) is 112 Å². The van der Waals surface area contributed by atoms with Crippen LogP contribution in [0.1, 0.15) is 25.3 Å². The lowest BCUT2D eigenvalue weighted by Crippen LogP contribution is -2.45. The van der Waals surface area contributed by atoms with Crippen LogP contribution >= 0.6 is 0 Å². The molecule has 1 aromatic rings. The van der Waals surface area contributed by atoms with Gasteiger partial charge in [0.15, 0.2) is 0 Å². The van der Waals surface area contributed by atoms with Crippen LogP contribution in [0.25, 0.3) is 0 Å². The first kappa shape index (κ1) is 22.5. The molecule has 0 aliphatic carbocycles. The van der Waals surface area contributed by atoms with Gasteiger partial charge < -0.3 is 15.0 Å². The molecular weight excluding hydrogens is 398 g/mol. The van der Waals surface area contributed by atoms with Crippen LogP contribution in [-0.2, 0) is 9.53 Å². The Bertz CT molecular complexity index is 970. The van der Waals surface area contributed by atoms with Crippen LogP contribution in [-0.4, -0.2) is 67.1 Å². The van der Waals surface area contributed by atoms with Crippen molar-refractivity contribution in [1.29, 1.82) is 5.26 Å². The van der Waals surface area contributed by atoms with Crippen molar-refractivity contribution in [3.05, 3.63) is 62.5 Å².